The van der Waals surface area contributed by atoms with Gasteiger partial charge in [0.1, 0.15) is 11.6 Å². The lowest BCUT2D eigenvalue weighted by atomic mass is 9.96. The van der Waals surface area contributed by atoms with Crippen LogP contribution in [0.1, 0.15) is 22.7 Å². The van der Waals surface area contributed by atoms with Gasteiger partial charge in [-0.15, -0.1) is 0 Å². The summed E-state index contributed by atoms with van der Waals surface area (Å²) in [4.78, 5) is 4.68. The minimum atomic E-state index is -0.261. The first-order valence-corrected chi connectivity index (χ1v) is 9.84. The van der Waals surface area contributed by atoms with E-state index in [9.17, 15) is 13.9 Å². The summed E-state index contributed by atoms with van der Waals surface area (Å²) in [5.41, 5.74) is 4.04. The van der Waals surface area contributed by atoms with Crippen molar-refractivity contribution in [1.82, 2.24) is 4.90 Å². The van der Waals surface area contributed by atoms with E-state index in [4.69, 9.17) is 0 Å². The van der Waals surface area contributed by atoms with Gasteiger partial charge in [-0.2, -0.15) is 0 Å². The van der Waals surface area contributed by atoms with Gasteiger partial charge in [0.2, 0.25) is 0 Å². The van der Waals surface area contributed by atoms with E-state index in [-0.39, 0.29) is 24.3 Å². The van der Waals surface area contributed by atoms with Crippen molar-refractivity contribution in [3.8, 4) is 0 Å². The third-order valence-electron chi connectivity index (χ3n) is 5.53. The number of aliphatic hydroxyl groups excluding tert-OH is 1. The van der Waals surface area contributed by atoms with Gasteiger partial charge in [0.15, 0.2) is 0 Å². The number of aliphatic hydroxyl groups is 1. The van der Waals surface area contributed by atoms with E-state index in [1.807, 2.05) is 48.5 Å². The van der Waals surface area contributed by atoms with Crippen LogP contribution in [0.25, 0.3) is 0 Å². The Bertz CT molecular complexity index is 873. The Morgan fingerprint density at radius 1 is 0.690 bits per heavy atom. The average Bonchev–Trinajstić information content (AvgIpc) is 2.77. The maximum Gasteiger partial charge on any atom is 0.123 e. The molecule has 0 atom stereocenters. The van der Waals surface area contributed by atoms with Crippen LogP contribution in [-0.4, -0.2) is 36.2 Å². The zero-order chi connectivity index (χ0) is 20.2. The summed E-state index contributed by atoms with van der Waals surface area (Å²) < 4.78 is 26.9. The smallest absolute Gasteiger partial charge is 0.123 e. The van der Waals surface area contributed by atoms with E-state index in [0.717, 1.165) is 48.6 Å². The molecule has 4 rings (SSSR count). The summed E-state index contributed by atoms with van der Waals surface area (Å²) in [6.07, 6.45) is 0. The van der Waals surface area contributed by atoms with E-state index < -0.39 is 0 Å². The molecular formula is C24H24F2N2O. The van der Waals surface area contributed by atoms with Gasteiger partial charge < -0.3 is 10.0 Å². The van der Waals surface area contributed by atoms with Gasteiger partial charge in [-0.05, 0) is 53.1 Å². The molecule has 0 amide bonds. The number of nitrogens with zero attached hydrogens (tertiary/aromatic N) is 2. The summed E-state index contributed by atoms with van der Waals surface area (Å²) in [6.45, 7) is 3.43. The predicted octanol–water partition coefficient (Wildman–Crippen LogP) is 4.37. The van der Waals surface area contributed by atoms with Crippen LogP contribution in [0.5, 0.6) is 0 Å². The first-order chi connectivity index (χ1) is 14.1. The van der Waals surface area contributed by atoms with Gasteiger partial charge >= 0.3 is 0 Å². The van der Waals surface area contributed by atoms with Gasteiger partial charge in [-0.25, -0.2) is 8.78 Å². The molecule has 1 fully saturated rings. The van der Waals surface area contributed by atoms with Gasteiger partial charge in [0.25, 0.3) is 0 Å². The van der Waals surface area contributed by atoms with Crippen LogP contribution in [0.15, 0.2) is 72.8 Å². The Morgan fingerprint density at radius 3 is 1.62 bits per heavy atom. The van der Waals surface area contributed by atoms with Crippen molar-refractivity contribution in [3.63, 3.8) is 0 Å². The number of hydrogen-bond donors (Lipinski definition) is 1. The topological polar surface area (TPSA) is 26.7 Å². The molecule has 3 aromatic carbocycles. The largest absolute Gasteiger partial charge is 0.392 e. The normalized spacial score (nSPS) is 15.1. The van der Waals surface area contributed by atoms with Gasteiger partial charge in [-0.3, -0.25) is 4.90 Å². The molecule has 0 unspecified atom stereocenters. The fourth-order valence-corrected chi connectivity index (χ4v) is 3.95. The molecule has 0 radical (unpaired) electrons. The number of benzene rings is 3. The molecule has 1 aliphatic rings. The van der Waals surface area contributed by atoms with E-state index in [1.165, 1.54) is 24.3 Å². The van der Waals surface area contributed by atoms with Crippen molar-refractivity contribution in [3.05, 3.63) is 101 Å². The number of rotatable bonds is 5. The van der Waals surface area contributed by atoms with Gasteiger partial charge in [-0.1, -0.05) is 36.4 Å². The maximum absolute atomic E-state index is 13.5. The number of hydrogen-bond acceptors (Lipinski definition) is 3. The summed E-state index contributed by atoms with van der Waals surface area (Å²) >= 11 is 0. The summed E-state index contributed by atoms with van der Waals surface area (Å²) in [5, 5.41) is 9.22. The van der Waals surface area contributed by atoms with Crippen LogP contribution in [-0.2, 0) is 6.61 Å². The molecular weight excluding hydrogens is 370 g/mol. The fourth-order valence-electron chi connectivity index (χ4n) is 3.95. The van der Waals surface area contributed by atoms with E-state index in [1.54, 1.807) is 0 Å². The lowest BCUT2D eigenvalue weighted by Crippen LogP contribution is -2.48. The van der Waals surface area contributed by atoms with E-state index in [2.05, 4.69) is 9.80 Å². The molecule has 0 aliphatic carbocycles. The first-order valence-electron chi connectivity index (χ1n) is 9.84. The molecule has 29 heavy (non-hydrogen) atoms. The Kier molecular flexibility index (Phi) is 5.88. The third-order valence-corrected chi connectivity index (χ3v) is 5.53. The Morgan fingerprint density at radius 2 is 1.17 bits per heavy atom. The van der Waals surface area contributed by atoms with Crippen molar-refractivity contribution in [2.75, 3.05) is 31.1 Å². The Balaban J connectivity index is 1.54. The molecule has 1 N–H and O–H groups in total. The third kappa shape index (κ3) is 4.47. The summed E-state index contributed by atoms with van der Waals surface area (Å²) in [5.74, 6) is -0.523. The molecule has 1 saturated heterocycles. The van der Waals surface area contributed by atoms with Gasteiger partial charge in [0, 0.05) is 31.9 Å². The van der Waals surface area contributed by atoms with E-state index >= 15 is 0 Å². The summed E-state index contributed by atoms with van der Waals surface area (Å²) in [7, 11) is 0. The number of halogens is 2. The summed E-state index contributed by atoms with van der Waals surface area (Å²) in [6, 6.07) is 21.1. The van der Waals surface area contributed by atoms with Crippen molar-refractivity contribution < 1.29 is 13.9 Å². The fraction of sp³-hybridized carbons (Fsp3) is 0.250. The van der Waals surface area contributed by atoms with Crippen LogP contribution < -0.4 is 4.90 Å². The van der Waals surface area contributed by atoms with Crippen molar-refractivity contribution >= 4 is 5.69 Å². The Hall–Kier alpha value is -2.76. The molecule has 0 saturated carbocycles. The van der Waals surface area contributed by atoms with Crippen molar-refractivity contribution in [2.24, 2.45) is 0 Å². The molecule has 0 spiro atoms. The second-order valence-electron chi connectivity index (χ2n) is 7.35. The highest BCUT2D eigenvalue weighted by Crippen LogP contribution is 2.31. The molecule has 3 nitrogen and oxygen atoms in total. The van der Waals surface area contributed by atoms with Crippen LogP contribution in [0.4, 0.5) is 14.5 Å². The van der Waals surface area contributed by atoms with Crippen LogP contribution >= 0.6 is 0 Å². The average molecular weight is 394 g/mol. The molecule has 5 heteroatoms. The first kappa shape index (κ1) is 19.6. The zero-order valence-corrected chi connectivity index (χ0v) is 16.1. The van der Waals surface area contributed by atoms with Crippen LogP contribution in [0.3, 0.4) is 0 Å². The minimum Gasteiger partial charge on any atom is -0.392 e. The highest BCUT2D eigenvalue weighted by molar-refractivity contribution is 5.48. The zero-order valence-electron chi connectivity index (χ0n) is 16.1. The standard InChI is InChI=1S/C24H24F2N2O/c25-21-7-3-19(4-8-21)24(20-5-9-22(26)10-6-20)28-15-13-27(14-16-28)23-11-1-18(17-29)2-12-23/h1-12,24,29H,13-17H2. The van der Waals surface area contributed by atoms with Crippen LogP contribution in [0.2, 0.25) is 0 Å². The lowest BCUT2D eigenvalue weighted by molar-refractivity contribution is 0.212. The second kappa shape index (κ2) is 8.72. The Labute approximate surface area is 169 Å². The van der Waals surface area contributed by atoms with Crippen LogP contribution in [0, 0.1) is 11.6 Å². The minimum absolute atomic E-state index is 0.0462. The molecule has 3 aromatic rings. The highest BCUT2D eigenvalue weighted by atomic mass is 19.1. The molecule has 150 valence electrons. The lowest BCUT2D eigenvalue weighted by Gasteiger charge is -2.40. The monoisotopic (exact) mass is 394 g/mol. The maximum atomic E-state index is 13.5. The van der Waals surface area contributed by atoms with Crippen molar-refractivity contribution in [2.45, 2.75) is 12.6 Å². The SMILES string of the molecule is OCc1ccc(N2CCN(C(c3ccc(F)cc3)c3ccc(F)cc3)CC2)cc1. The quantitative estimate of drug-likeness (QED) is 0.696. The highest BCUT2D eigenvalue weighted by Gasteiger charge is 2.26. The van der Waals surface area contributed by atoms with Crippen molar-refractivity contribution in [1.29, 1.82) is 0 Å². The molecule has 0 bridgehead atoms. The van der Waals surface area contributed by atoms with E-state index in [0.29, 0.717) is 0 Å². The second-order valence-corrected chi connectivity index (χ2v) is 7.35. The predicted molar refractivity (Wildman–Crippen MR) is 111 cm³/mol. The molecule has 1 heterocycles. The molecule has 1 aliphatic heterocycles. The number of anilines is 1. The molecule has 0 aromatic heterocycles. The van der Waals surface area contributed by atoms with Gasteiger partial charge in [0.05, 0.1) is 12.6 Å². The number of piperazine rings is 1.